The van der Waals surface area contributed by atoms with E-state index in [-0.39, 0.29) is 17.2 Å². The van der Waals surface area contributed by atoms with E-state index in [1.165, 1.54) is 24.8 Å². The largest absolute Gasteiger partial charge is 0.505 e. The molecule has 0 radical (unpaired) electrons. The second-order valence-electron chi connectivity index (χ2n) is 3.33. The van der Waals surface area contributed by atoms with E-state index < -0.39 is 0 Å². The number of hydrogen-bond donors (Lipinski definition) is 3. The molecule has 88 valence electrons. The number of aromatic nitrogens is 4. The van der Waals surface area contributed by atoms with E-state index in [4.69, 9.17) is 0 Å². The van der Waals surface area contributed by atoms with Gasteiger partial charge in [-0.05, 0) is 6.07 Å². The molecular weight excluding hydrogens is 222 g/mol. The molecule has 0 saturated carbocycles. The van der Waals surface area contributed by atoms with Crippen LogP contribution in [0.1, 0.15) is 16.2 Å². The summed E-state index contributed by atoms with van der Waals surface area (Å²) in [5, 5.41) is 18.5. The number of carbonyl (C=O) groups is 1. The van der Waals surface area contributed by atoms with E-state index in [0.29, 0.717) is 18.8 Å². The maximum Gasteiger partial charge on any atom is 0.255 e. The summed E-state index contributed by atoms with van der Waals surface area (Å²) in [4.78, 5) is 19.3. The van der Waals surface area contributed by atoms with Gasteiger partial charge in [0.1, 0.15) is 17.9 Å². The first-order chi connectivity index (χ1) is 8.27. The smallest absolute Gasteiger partial charge is 0.255 e. The molecule has 1 amide bonds. The van der Waals surface area contributed by atoms with Crippen molar-refractivity contribution in [2.45, 2.75) is 6.42 Å². The van der Waals surface area contributed by atoms with Crippen LogP contribution in [-0.2, 0) is 6.42 Å². The molecule has 2 aromatic heterocycles. The minimum Gasteiger partial charge on any atom is -0.505 e. The van der Waals surface area contributed by atoms with E-state index in [9.17, 15) is 9.90 Å². The van der Waals surface area contributed by atoms with Gasteiger partial charge in [0, 0.05) is 19.2 Å². The third kappa shape index (κ3) is 2.77. The third-order valence-corrected chi connectivity index (χ3v) is 2.16. The minimum absolute atomic E-state index is 0.135. The first-order valence-electron chi connectivity index (χ1n) is 5.03. The fourth-order valence-corrected chi connectivity index (χ4v) is 1.32. The van der Waals surface area contributed by atoms with Crippen LogP contribution in [0.15, 0.2) is 24.8 Å². The van der Waals surface area contributed by atoms with E-state index in [0.717, 1.165) is 0 Å². The highest BCUT2D eigenvalue weighted by atomic mass is 16.3. The molecule has 2 rings (SSSR count). The van der Waals surface area contributed by atoms with Crippen LogP contribution < -0.4 is 5.32 Å². The average molecular weight is 233 g/mol. The van der Waals surface area contributed by atoms with Crippen LogP contribution in [0.25, 0.3) is 0 Å². The molecule has 7 nitrogen and oxygen atoms in total. The number of nitrogens with zero attached hydrogens (tertiary/aromatic N) is 3. The van der Waals surface area contributed by atoms with E-state index >= 15 is 0 Å². The SMILES string of the molecule is O=C(NCCc1ncn[nH]1)c1ccncc1O. The molecule has 0 aromatic carbocycles. The summed E-state index contributed by atoms with van der Waals surface area (Å²) in [7, 11) is 0. The van der Waals surface area contributed by atoms with Crippen LogP contribution >= 0.6 is 0 Å². The number of amides is 1. The van der Waals surface area contributed by atoms with Gasteiger partial charge in [-0.2, -0.15) is 5.10 Å². The van der Waals surface area contributed by atoms with Crippen molar-refractivity contribution in [3.05, 3.63) is 36.2 Å². The molecule has 0 atom stereocenters. The molecule has 0 aliphatic carbocycles. The van der Waals surface area contributed by atoms with Crippen LogP contribution in [0.2, 0.25) is 0 Å². The summed E-state index contributed by atoms with van der Waals surface area (Å²) in [5.41, 5.74) is 0.206. The lowest BCUT2D eigenvalue weighted by molar-refractivity contribution is 0.0951. The van der Waals surface area contributed by atoms with Crippen LogP contribution in [0.5, 0.6) is 5.75 Å². The number of hydrogen-bond acceptors (Lipinski definition) is 5. The second-order valence-corrected chi connectivity index (χ2v) is 3.33. The zero-order chi connectivity index (χ0) is 12.1. The Morgan fingerprint density at radius 1 is 1.53 bits per heavy atom. The highest BCUT2D eigenvalue weighted by molar-refractivity contribution is 5.96. The Hall–Kier alpha value is -2.44. The van der Waals surface area contributed by atoms with Gasteiger partial charge in [0.2, 0.25) is 0 Å². The predicted molar refractivity (Wildman–Crippen MR) is 58.3 cm³/mol. The molecule has 2 aromatic rings. The Morgan fingerprint density at radius 3 is 3.12 bits per heavy atom. The fraction of sp³-hybridized carbons (Fsp3) is 0.200. The summed E-state index contributed by atoms with van der Waals surface area (Å²) in [6, 6.07) is 1.46. The van der Waals surface area contributed by atoms with Crippen molar-refractivity contribution in [3.8, 4) is 5.75 Å². The fourth-order valence-electron chi connectivity index (χ4n) is 1.32. The number of H-pyrrole nitrogens is 1. The molecule has 3 N–H and O–H groups in total. The molecule has 0 spiro atoms. The highest BCUT2D eigenvalue weighted by Crippen LogP contribution is 2.12. The Kier molecular flexibility index (Phi) is 3.29. The number of aromatic amines is 1. The van der Waals surface area contributed by atoms with Crippen molar-refractivity contribution < 1.29 is 9.90 Å². The maximum atomic E-state index is 11.6. The van der Waals surface area contributed by atoms with Gasteiger partial charge in [-0.3, -0.25) is 14.9 Å². The quantitative estimate of drug-likeness (QED) is 0.682. The summed E-state index contributed by atoms with van der Waals surface area (Å²) >= 11 is 0. The summed E-state index contributed by atoms with van der Waals surface area (Å²) in [6.07, 6.45) is 4.64. The molecule has 2 heterocycles. The molecule has 0 aliphatic heterocycles. The van der Waals surface area contributed by atoms with Crippen LogP contribution in [-0.4, -0.2) is 37.7 Å². The molecule has 0 aliphatic rings. The lowest BCUT2D eigenvalue weighted by Gasteiger charge is -2.04. The monoisotopic (exact) mass is 233 g/mol. The van der Waals surface area contributed by atoms with E-state index in [1.807, 2.05) is 0 Å². The van der Waals surface area contributed by atoms with Crippen molar-refractivity contribution in [1.29, 1.82) is 0 Å². The lowest BCUT2D eigenvalue weighted by Crippen LogP contribution is -2.26. The van der Waals surface area contributed by atoms with Crippen molar-refractivity contribution in [1.82, 2.24) is 25.5 Å². The number of carbonyl (C=O) groups excluding carboxylic acids is 1. The number of nitrogens with one attached hydrogen (secondary N) is 2. The van der Waals surface area contributed by atoms with Gasteiger partial charge in [-0.25, -0.2) is 4.98 Å². The first kappa shape index (κ1) is 11.1. The lowest BCUT2D eigenvalue weighted by atomic mass is 10.2. The van der Waals surface area contributed by atoms with Crippen molar-refractivity contribution in [2.75, 3.05) is 6.54 Å². The van der Waals surface area contributed by atoms with Crippen LogP contribution in [0.4, 0.5) is 0 Å². The van der Waals surface area contributed by atoms with Gasteiger partial charge in [0.05, 0.1) is 11.8 Å². The van der Waals surface area contributed by atoms with Crippen molar-refractivity contribution in [3.63, 3.8) is 0 Å². The van der Waals surface area contributed by atoms with Gasteiger partial charge in [-0.1, -0.05) is 0 Å². The number of rotatable bonds is 4. The van der Waals surface area contributed by atoms with Gasteiger partial charge in [0.25, 0.3) is 5.91 Å². The first-order valence-corrected chi connectivity index (χ1v) is 5.03. The highest BCUT2D eigenvalue weighted by Gasteiger charge is 2.09. The second kappa shape index (κ2) is 5.06. The van der Waals surface area contributed by atoms with Gasteiger partial charge < -0.3 is 10.4 Å². The topological polar surface area (TPSA) is 104 Å². The predicted octanol–water partition coefficient (Wildman–Crippen LogP) is -0.122. The molecular formula is C10H11N5O2. The van der Waals surface area contributed by atoms with Gasteiger partial charge >= 0.3 is 0 Å². The van der Waals surface area contributed by atoms with E-state index in [1.54, 1.807) is 0 Å². The third-order valence-electron chi connectivity index (χ3n) is 2.16. The Morgan fingerprint density at radius 2 is 2.41 bits per heavy atom. The van der Waals surface area contributed by atoms with Gasteiger partial charge in [-0.15, -0.1) is 0 Å². The molecule has 17 heavy (non-hydrogen) atoms. The summed E-state index contributed by atoms with van der Waals surface area (Å²) < 4.78 is 0. The molecule has 0 bridgehead atoms. The Labute approximate surface area is 96.9 Å². The number of aromatic hydroxyl groups is 1. The standard InChI is InChI=1S/C10H11N5O2/c16-8-5-11-3-1-7(8)10(17)12-4-2-9-13-6-14-15-9/h1,3,5-6,16H,2,4H2,(H,12,17)(H,13,14,15). The van der Waals surface area contributed by atoms with Gasteiger partial charge in [0.15, 0.2) is 0 Å². The summed E-state index contributed by atoms with van der Waals surface area (Å²) in [6.45, 7) is 0.412. The normalized spacial score (nSPS) is 10.1. The molecule has 7 heteroatoms. The zero-order valence-electron chi connectivity index (χ0n) is 8.92. The number of pyridine rings is 1. The molecule has 0 unspecified atom stereocenters. The van der Waals surface area contributed by atoms with Crippen LogP contribution in [0, 0.1) is 0 Å². The van der Waals surface area contributed by atoms with Crippen molar-refractivity contribution in [2.24, 2.45) is 0 Å². The average Bonchev–Trinajstić information content (AvgIpc) is 2.82. The minimum atomic E-state index is -0.343. The zero-order valence-corrected chi connectivity index (χ0v) is 8.92. The van der Waals surface area contributed by atoms with Crippen LogP contribution in [0.3, 0.4) is 0 Å². The molecule has 0 saturated heterocycles. The Bertz CT molecular complexity index is 497. The molecule has 0 fully saturated rings. The van der Waals surface area contributed by atoms with E-state index in [2.05, 4.69) is 25.5 Å². The maximum absolute atomic E-state index is 11.6. The summed E-state index contributed by atoms with van der Waals surface area (Å²) in [5.74, 6) is 0.221. The van der Waals surface area contributed by atoms with Crippen molar-refractivity contribution >= 4 is 5.91 Å². The Balaban J connectivity index is 1.88.